The number of anilines is 2. The van der Waals surface area contributed by atoms with Crippen molar-refractivity contribution >= 4 is 22.4 Å². The number of likely N-dealkylation sites (N-methyl/N-ethyl adjacent to an activating group) is 1. The molecule has 96 valence electrons. The van der Waals surface area contributed by atoms with E-state index in [-0.39, 0.29) is 0 Å². The fourth-order valence-corrected chi connectivity index (χ4v) is 1.64. The minimum Gasteiger partial charge on any atom is -0.399 e. The van der Waals surface area contributed by atoms with Gasteiger partial charge >= 0.3 is 0 Å². The van der Waals surface area contributed by atoms with Crippen LogP contribution in [0.3, 0.4) is 0 Å². The lowest BCUT2D eigenvalue weighted by Gasteiger charge is -2.20. The van der Waals surface area contributed by atoms with Gasteiger partial charge in [-0.2, -0.15) is 0 Å². The zero-order chi connectivity index (χ0) is 13.1. The summed E-state index contributed by atoms with van der Waals surface area (Å²) >= 11 is 0. The van der Waals surface area contributed by atoms with E-state index >= 15 is 0 Å². The van der Waals surface area contributed by atoms with E-state index in [2.05, 4.69) is 41.2 Å². The summed E-state index contributed by atoms with van der Waals surface area (Å²) in [4.78, 5) is 10.7. The second-order valence-corrected chi connectivity index (χ2v) is 4.69. The van der Waals surface area contributed by atoms with E-state index < -0.39 is 0 Å². The van der Waals surface area contributed by atoms with Gasteiger partial charge in [0, 0.05) is 23.7 Å². The van der Waals surface area contributed by atoms with Gasteiger partial charge in [-0.25, -0.2) is 9.97 Å². The van der Waals surface area contributed by atoms with Crippen LogP contribution in [-0.4, -0.2) is 41.5 Å². The summed E-state index contributed by atoms with van der Waals surface area (Å²) in [6.45, 7) is 3.00. The minimum atomic E-state index is 0.434. The number of hydrogen-bond acceptors (Lipinski definition) is 5. The first-order chi connectivity index (χ1) is 8.58. The number of hydrogen-bond donors (Lipinski definition) is 2. The topological polar surface area (TPSA) is 67.1 Å². The maximum Gasteiger partial charge on any atom is 0.137 e. The normalized spacial score (nSPS) is 12.9. The van der Waals surface area contributed by atoms with Crippen LogP contribution in [-0.2, 0) is 0 Å². The van der Waals surface area contributed by atoms with Crippen LogP contribution in [0.4, 0.5) is 11.5 Å². The number of nitrogen functional groups attached to an aromatic ring is 1. The first-order valence-corrected chi connectivity index (χ1v) is 5.98. The highest BCUT2D eigenvalue weighted by molar-refractivity contribution is 5.90. The molecule has 5 heteroatoms. The van der Waals surface area contributed by atoms with Gasteiger partial charge in [-0.1, -0.05) is 0 Å². The Labute approximate surface area is 107 Å². The van der Waals surface area contributed by atoms with Gasteiger partial charge in [-0.3, -0.25) is 0 Å². The molecule has 1 aromatic heterocycles. The van der Waals surface area contributed by atoms with E-state index in [4.69, 9.17) is 5.73 Å². The van der Waals surface area contributed by atoms with Gasteiger partial charge in [0.15, 0.2) is 0 Å². The Bertz CT molecular complexity index is 538. The third-order valence-electron chi connectivity index (χ3n) is 3.11. The fraction of sp³-hybridized carbons (Fsp3) is 0.385. The molecule has 1 atom stereocenters. The van der Waals surface area contributed by atoms with Gasteiger partial charge in [0.05, 0.1) is 5.52 Å². The molecule has 0 aliphatic carbocycles. The first-order valence-electron chi connectivity index (χ1n) is 5.98. The molecule has 2 aromatic rings. The molecule has 1 heterocycles. The summed E-state index contributed by atoms with van der Waals surface area (Å²) in [6.07, 6.45) is 1.56. The van der Waals surface area contributed by atoms with E-state index in [0.29, 0.717) is 11.7 Å². The molecule has 0 aliphatic heterocycles. The number of aromatic nitrogens is 2. The molecule has 0 spiro atoms. The number of rotatable bonds is 4. The van der Waals surface area contributed by atoms with Gasteiger partial charge in [-0.05, 0) is 39.2 Å². The van der Waals surface area contributed by atoms with E-state index in [0.717, 1.165) is 23.3 Å². The van der Waals surface area contributed by atoms with Crippen molar-refractivity contribution in [1.82, 2.24) is 14.9 Å². The highest BCUT2D eigenvalue weighted by Crippen LogP contribution is 2.21. The Kier molecular flexibility index (Phi) is 3.62. The summed E-state index contributed by atoms with van der Waals surface area (Å²) in [5, 5.41) is 4.35. The third-order valence-corrected chi connectivity index (χ3v) is 3.11. The molecule has 0 radical (unpaired) electrons. The van der Waals surface area contributed by atoms with Gasteiger partial charge in [0.2, 0.25) is 0 Å². The van der Waals surface area contributed by atoms with Crippen LogP contribution in [0.15, 0.2) is 24.5 Å². The summed E-state index contributed by atoms with van der Waals surface area (Å²) in [5.74, 6) is 0.855. The van der Waals surface area contributed by atoms with Crippen molar-refractivity contribution in [1.29, 1.82) is 0 Å². The van der Waals surface area contributed by atoms with Gasteiger partial charge in [-0.15, -0.1) is 0 Å². The van der Waals surface area contributed by atoms with Crippen LogP contribution in [0.5, 0.6) is 0 Å². The smallest absolute Gasteiger partial charge is 0.137 e. The Morgan fingerprint density at radius 2 is 2.11 bits per heavy atom. The fourth-order valence-electron chi connectivity index (χ4n) is 1.64. The highest BCUT2D eigenvalue weighted by Gasteiger charge is 2.07. The van der Waals surface area contributed by atoms with Crippen molar-refractivity contribution in [3.8, 4) is 0 Å². The van der Waals surface area contributed by atoms with E-state index in [1.165, 1.54) is 0 Å². The molecular weight excluding hydrogens is 226 g/mol. The summed E-state index contributed by atoms with van der Waals surface area (Å²) in [5.41, 5.74) is 7.33. The lowest BCUT2D eigenvalue weighted by atomic mass is 10.2. The Morgan fingerprint density at radius 3 is 2.83 bits per heavy atom. The summed E-state index contributed by atoms with van der Waals surface area (Å²) < 4.78 is 0. The SMILES string of the molecule is CC(CNc1ncnc2cc(N)ccc12)N(C)C. The molecule has 0 fully saturated rings. The number of benzene rings is 1. The van der Waals surface area contributed by atoms with Crippen molar-refractivity contribution in [3.63, 3.8) is 0 Å². The molecule has 18 heavy (non-hydrogen) atoms. The lowest BCUT2D eigenvalue weighted by molar-refractivity contribution is 0.326. The van der Waals surface area contributed by atoms with Crippen molar-refractivity contribution in [3.05, 3.63) is 24.5 Å². The molecule has 0 bridgehead atoms. The number of nitrogens with zero attached hydrogens (tertiary/aromatic N) is 3. The van der Waals surface area contributed by atoms with Crippen molar-refractivity contribution < 1.29 is 0 Å². The van der Waals surface area contributed by atoms with Crippen LogP contribution in [0, 0.1) is 0 Å². The van der Waals surface area contributed by atoms with Crippen molar-refractivity contribution in [2.24, 2.45) is 0 Å². The molecule has 1 aromatic carbocycles. The van der Waals surface area contributed by atoms with Crippen LogP contribution < -0.4 is 11.1 Å². The number of fused-ring (bicyclic) bond motifs is 1. The first kappa shape index (κ1) is 12.6. The average Bonchev–Trinajstić information content (AvgIpc) is 2.35. The number of nitrogens with one attached hydrogen (secondary N) is 1. The van der Waals surface area contributed by atoms with Gasteiger partial charge < -0.3 is 16.0 Å². The third kappa shape index (κ3) is 2.68. The molecule has 2 rings (SSSR count). The van der Waals surface area contributed by atoms with Crippen LogP contribution >= 0.6 is 0 Å². The van der Waals surface area contributed by atoms with Crippen molar-refractivity contribution in [2.75, 3.05) is 31.7 Å². The average molecular weight is 245 g/mol. The predicted molar refractivity (Wildman–Crippen MR) is 75.6 cm³/mol. The largest absolute Gasteiger partial charge is 0.399 e. The van der Waals surface area contributed by atoms with Crippen LogP contribution in [0.2, 0.25) is 0 Å². The molecule has 3 N–H and O–H groups in total. The second kappa shape index (κ2) is 5.18. The molecular formula is C13H19N5. The van der Waals surface area contributed by atoms with Gasteiger partial charge in [0.1, 0.15) is 12.1 Å². The van der Waals surface area contributed by atoms with E-state index in [9.17, 15) is 0 Å². The Hall–Kier alpha value is -1.88. The zero-order valence-electron chi connectivity index (χ0n) is 11.0. The maximum atomic E-state index is 5.75. The minimum absolute atomic E-state index is 0.434. The Morgan fingerprint density at radius 1 is 1.33 bits per heavy atom. The lowest BCUT2D eigenvalue weighted by Crippen LogP contribution is -2.31. The molecule has 0 aliphatic rings. The van der Waals surface area contributed by atoms with Gasteiger partial charge in [0.25, 0.3) is 0 Å². The quantitative estimate of drug-likeness (QED) is 0.800. The highest BCUT2D eigenvalue weighted by atomic mass is 15.1. The van der Waals surface area contributed by atoms with E-state index in [1.807, 2.05) is 18.2 Å². The van der Waals surface area contributed by atoms with Crippen molar-refractivity contribution in [2.45, 2.75) is 13.0 Å². The predicted octanol–water partition coefficient (Wildman–Crippen LogP) is 1.57. The number of nitrogens with two attached hydrogens (primary N) is 1. The molecule has 5 nitrogen and oxygen atoms in total. The summed E-state index contributed by atoms with van der Waals surface area (Å²) in [7, 11) is 4.12. The Balaban J connectivity index is 2.23. The molecule has 1 unspecified atom stereocenters. The summed E-state index contributed by atoms with van der Waals surface area (Å²) in [6, 6.07) is 6.11. The molecule has 0 saturated heterocycles. The van der Waals surface area contributed by atoms with E-state index in [1.54, 1.807) is 6.33 Å². The van der Waals surface area contributed by atoms with Crippen LogP contribution in [0.1, 0.15) is 6.92 Å². The molecule has 0 amide bonds. The maximum absolute atomic E-state index is 5.75. The molecule has 0 saturated carbocycles. The zero-order valence-corrected chi connectivity index (χ0v) is 11.0. The second-order valence-electron chi connectivity index (χ2n) is 4.69. The van der Waals surface area contributed by atoms with Crippen LogP contribution in [0.25, 0.3) is 10.9 Å². The monoisotopic (exact) mass is 245 g/mol. The standard InChI is InChI=1S/C13H19N5/c1-9(18(2)3)7-15-13-11-5-4-10(14)6-12(11)16-8-17-13/h4-6,8-9H,7,14H2,1-3H3,(H,15,16,17).